The minimum Gasteiger partial charge on any atom is -0.353 e. The van der Waals surface area contributed by atoms with E-state index in [0.29, 0.717) is 5.92 Å². The lowest BCUT2D eigenvalue weighted by Gasteiger charge is -2.20. The molecule has 1 aromatic carbocycles. The van der Waals surface area contributed by atoms with E-state index in [0.717, 1.165) is 23.0 Å². The highest BCUT2D eigenvalue weighted by Crippen LogP contribution is 2.28. The van der Waals surface area contributed by atoms with E-state index in [1.807, 2.05) is 36.7 Å². The van der Waals surface area contributed by atoms with Crippen LogP contribution in [0.3, 0.4) is 0 Å². The maximum atomic E-state index is 4.49. The molecule has 3 unspecified atom stereocenters. The van der Waals surface area contributed by atoms with Gasteiger partial charge in [0.15, 0.2) is 5.82 Å². The highest BCUT2D eigenvalue weighted by molar-refractivity contribution is 5.42. The Morgan fingerprint density at radius 2 is 1.85 bits per heavy atom. The lowest BCUT2D eigenvalue weighted by Crippen LogP contribution is -2.38. The van der Waals surface area contributed by atoms with Gasteiger partial charge in [-0.05, 0) is 25.5 Å². The molecule has 1 aliphatic heterocycles. The Balaban J connectivity index is 1.51. The number of rotatable bonds is 4. The SMILES string of the molecule is Cc1cc(C)n(-c2cc(NC3NNC(c4ccccc4)C3C)ncn2)n1. The minimum absolute atomic E-state index is 0.0587. The number of hydrogen-bond donors (Lipinski definition) is 3. The van der Waals surface area contributed by atoms with Gasteiger partial charge in [-0.15, -0.1) is 0 Å². The Hall–Kier alpha value is -2.77. The molecular weight excluding hydrogens is 326 g/mol. The average Bonchev–Trinajstić information content (AvgIpc) is 3.18. The molecular formula is C19H23N7. The zero-order valence-corrected chi connectivity index (χ0v) is 15.1. The maximum Gasteiger partial charge on any atom is 0.159 e. The first-order chi connectivity index (χ1) is 12.6. The van der Waals surface area contributed by atoms with Gasteiger partial charge in [-0.1, -0.05) is 37.3 Å². The summed E-state index contributed by atoms with van der Waals surface area (Å²) in [6.07, 6.45) is 1.62. The normalized spacial score (nSPS) is 22.5. The van der Waals surface area contributed by atoms with Crippen molar-refractivity contribution >= 4 is 5.82 Å². The molecule has 4 rings (SSSR count). The second kappa shape index (κ2) is 6.86. The summed E-state index contributed by atoms with van der Waals surface area (Å²) in [6.45, 7) is 6.21. The standard InChI is InChI=1S/C19H23N7/c1-12-9-13(2)26(25-12)17-10-16(20-11-21-17)22-19-14(3)18(23-24-19)15-7-5-4-6-8-15/h4-11,14,18-19,23-24H,1-3H3,(H,20,21,22). The second-order valence-corrected chi connectivity index (χ2v) is 6.76. The van der Waals surface area contributed by atoms with E-state index in [-0.39, 0.29) is 12.2 Å². The minimum atomic E-state index is 0.0587. The summed E-state index contributed by atoms with van der Waals surface area (Å²) in [7, 11) is 0. The van der Waals surface area contributed by atoms with Gasteiger partial charge in [-0.25, -0.2) is 25.5 Å². The number of hydrogen-bond acceptors (Lipinski definition) is 6. The molecule has 0 bridgehead atoms. The fourth-order valence-corrected chi connectivity index (χ4v) is 3.41. The summed E-state index contributed by atoms with van der Waals surface area (Å²) in [6, 6.07) is 14.6. The van der Waals surface area contributed by atoms with Gasteiger partial charge in [0, 0.05) is 17.7 Å². The summed E-state index contributed by atoms with van der Waals surface area (Å²) >= 11 is 0. The van der Waals surface area contributed by atoms with Crippen molar-refractivity contribution in [1.29, 1.82) is 0 Å². The molecule has 1 aliphatic rings. The van der Waals surface area contributed by atoms with Gasteiger partial charge in [-0.2, -0.15) is 5.10 Å². The number of aromatic nitrogens is 4. The number of benzene rings is 1. The summed E-state index contributed by atoms with van der Waals surface area (Å²) in [4.78, 5) is 8.72. The molecule has 0 amide bonds. The molecule has 0 aliphatic carbocycles. The maximum absolute atomic E-state index is 4.49. The largest absolute Gasteiger partial charge is 0.353 e. The average molecular weight is 349 g/mol. The number of aryl methyl sites for hydroxylation is 2. The van der Waals surface area contributed by atoms with E-state index >= 15 is 0 Å². The predicted molar refractivity (Wildman–Crippen MR) is 101 cm³/mol. The molecule has 3 N–H and O–H groups in total. The molecule has 1 fully saturated rings. The Morgan fingerprint density at radius 1 is 1.04 bits per heavy atom. The second-order valence-electron chi connectivity index (χ2n) is 6.76. The van der Waals surface area contributed by atoms with Crippen LogP contribution in [0.4, 0.5) is 5.82 Å². The Bertz CT molecular complexity index is 890. The van der Waals surface area contributed by atoms with Crippen LogP contribution < -0.4 is 16.2 Å². The summed E-state index contributed by atoms with van der Waals surface area (Å²) in [5, 5.41) is 7.95. The molecule has 0 spiro atoms. The highest BCUT2D eigenvalue weighted by Gasteiger charge is 2.33. The van der Waals surface area contributed by atoms with Crippen LogP contribution in [0.25, 0.3) is 5.82 Å². The van der Waals surface area contributed by atoms with E-state index in [4.69, 9.17) is 0 Å². The fraction of sp³-hybridized carbons (Fsp3) is 0.316. The van der Waals surface area contributed by atoms with Crippen LogP contribution in [0, 0.1) is 19.8 Å². The van der Waals surface area contributed by atoms with Crippen LogP contribution in [-0.4, -0.2) is 25.9 Å². The summed E-state index contributed by atoms with van der Waals surface area (Å²) < 4.78 is 1.83. The first-order valence-electron chi connectivity index (χ1n) is 8.80. The van der Waals surface area contributed by atoms with Crippen molar-refractivity contribution < 1.29 is 0 Å². The Kier molecular flexibility index (Phi) is 4.40. The van der Waals surface area contributed by atoms with Crippen molar-refractivity contribution in [3.63, 3.8) is 0 Å². The lowest BCUT2D eigenvalue weighted by molar-refractivity contribution is 0.481. The molecule has 7 nitrogen and oxygen atoms in total. The number of anilines is 1. The highest BCUT2D eigenvalue weighted by atomic mass is 15.5. The fourth-order valence-electron chi connectivity index (χ4n) is 3.41. The van der Waals surface area contributed by atoms with E-state index < -0.39 is 0 Å². The van der Waals surface area contributed by atoms with Crippen molar-refractivity contribution in [2.24, 2.45) is 5.92 Å². The van der Waals surface area contributed by atoms with Crippen LogP contribution in [0.5, 0.6) is 0 Å². The van der Waals surface area contributed by atoms with E-state index in [2.05, 4.69) is 62.4 Å². The topological polar surface area (TPSA) is 79.7 Å². The van der Waals surface area contributed by atoms with Crippen molar-refractivity contribution in [2.45, 2.75) is 33.0 Å². The number of hydrazine groups is 1. The van der Waals surface area contributed by atoms with Crippen molar-refractivity contribution in [2.75, 3.05) is 5.32 Å². The summed E-state index contributed by atoms with van der Waals surface area (Å²) in [5.74, 6) is 1.86. The van der Waals surface area contributed by atoms with Gasteiger partial charge < -0.3 is 5.32 Å². The van der Waals surface area contributed by atoms with Gasteiger partial charge in [0.2, 0.25) is 0 Å². The molecule has 1 saturated heterocycles. The van der Waals surface area contributed by atoms with Gasteiger partial charge in [-0.3, -0.25) is 0 Å². The van der Waals surface area contributed by atoms with Crippen LogP contribution in [-0.2, 0) is 0 Å². The molecule has 0 saturated carbocycles. The molecule has 26 heavy (non-hydrogen) atoms. The van der Waals surface area contributed by atoms with Gasteiger partial charge >= 0.3 is 0 Å². The Morgan fingerprint density at radius 3 is 2.58 bits per heavy atom. The van der Waals surface area contributed by atoms with Crippen LogP contribution in [0.2, 0.25) is 0 Å². The zero-order chi connectivity index (χ0) is 18.1. The number of nitrogens with one attached hydrogen (secondary N) is 3. The third-order valence-corrected chi connectivity index (χ3v) is 4.79. The van der Waals surface area contributed by atoms with Crippen molar-refractivity contribution in [3.05, 3.63) is 65.7 Å². The third-order valence-electron chi connectivity index (χ3n) is 4.79. The molecule has 3 heterocycles. The molecule has 134 valence electrons. The van der Waals surface area contributed by atoms with Crippen LogP contribution in [0.1, 0.15) is 29.9 Å². The predicted octanol–water partition coefficient (Wildman–Crippen LogP) is 2.50. The number of nitrogens with zero attached hydrogens (tertiary/aromatic N) is 4. The van der Waals surface area contributed by atoms with Crippen LogP contribution in [0.15, 0.2) is 48.8 Å². The van der Waals surface area contributed by atoms with Crippen LogP contribution >= 0.6 is 0 Å². The quantitative estimate of drug-likeness (QED) is 0.672. The van der Waals surface area contributed by atoms with E-state index in [1.54, 1.807) is 6.33 Å². The molecule has 2 aromatic heterocycles. The third kappa shape index (κ3) is 3.18. The summed E-state index contributed by atoms with van der Waals surface area (Å²) in [5.41, 5.74) is 9.99. The van der Waals surface area contributed by atoms with Gasteiger partial charge in [0.25, 0.3) is 0 Å². The first-order valence-corrected chi connectivity index (χ1v) is 8.80. The molecule has 3 atom stereocenters. The first kappa shape index (κ1) is 16.7. The van der Waals surface area contributed by atoms with Crippen molar-refractivity contribution in [1.82, 2.24) is 30.6 Å². The van der Waals surface area contributed by atoms with E-state index in [9.17, 15) is 0 Å². The smallest absolute Gasteiger partial charge is 0.159 e. The van der Waals surface area contributed by atoms with E-state index in [1.165, 1.54) is 5.56 Å². The van der Waals surface area contributed by atoms with Crippen molar-refractivity contribution in [3.8, 4) is 5.82 Å². The van der Waals surface area contributed by atoms with Gasteiger partial charge in [0.05, 0.1) is 17.9 Å². The zero-order valence-electron chi connectivity index (χ0n) is 15.1. The lowest BCUT2D eigenvalue weighted by atomic mass is 9.94. The monoisotopic (exact) mass is 349 g/mol. The van der Waals surface area contributed by atoms with Gasteiger partial charge in [0.1, 0.15) is 12.1 Å². The molecule has 3 aromatic rings. The Labute approximate surface area is 152 Å². The molecule has 7 heteroatoms. The molecule has 0 radical (unpaired) electrons.